The zero-order chi connectivity index (χ0) is 18.8. The van der Waals surface area contributed by atoms with E-state index in [0.29, 0.717) is 6.54 Å². The van der Waals surface area contributed by atoms with Gasteiger partial charge in [0.15, 0.2) is 0 Å². The highest BCUT2D eigenvalue weighted by Crippen LogP contribution is 2.26. The molecule has 27 heavy (non-hydrogen) atoms. The maximum Gasteiger partial charge on any atom is 0.318 e. The lowest BCUT2D eigenvalue weighted by molar-refractivity contribution is 0.190. The summed E-state index contributed by atoms with van der Waals surface area (Å²) in [4.78, 5) is 20.7. The van der Waals surface area contributed by atoms with Gasteiger partial charge in [0.25, 0.3) is 0 Å². The van der Waals surface area contributed by atoms with Crippen LogP contribution >= 0.6 is 11.3 Å². The number of imidazole rings is 1. The third-order valence-electron chi connectivity index (χ3n) is 4.93. The first-order valence-corrected chi connectivity index (χ1v) is 9.75. The van der Waals surface area contributed by atoms with Crippen LogP contribution in [-0.2, 0) is 20.0 Å². The molecule has 0 saturated carbocycles. The van der Waals surface area contributed by atoms with Crippen LogP contribution in [0.25, 0.3) is 0 Å². The molecule has 1 aliphatic rings. The van der Waals surface area contributed by atoms with E-state index in [4.69, 9.17) is 4.74 Å². The molecule has 0 aliphatic carbocycles. The van der Waals surface area contributed by atoms with Crippen molar-refractivity contribution in [2.75, 3.05) is 13.7 Å². The van der Waals surface area contributed by atoms with Gasteiger partial charge in [0.1, 0.15) is 17.6 Å². The van der Waals surface area contributed by atoms with E-state index in [1.807, 2.05) is 47.0 Å². The molecular formula is C20H22N4O2S. The number of carbonyl (C=O) groups excluding carboxylic acids is 1. The second kappa shape index (κ2) is 7.44. The molecule has 0 radical (unpaired) electrons. The number of thiophene rings is 1. The van der Waals surface area contributed by atoms with Gasteiger partial charge >= 0.3 is 6.03 Å². The Morgan fingerprint density at radius 3 is 2.81 bits per heavy atom. The lowest BCUT2D eigenvalue weighted by Gasteiger charge is -2.29. The summed E-state index contributed by atoms with van der Waals surface area (Å²) in [6.45, 7) is 1.38. The van der Waals surface area contributed by atoms with Crippen LogP contribution in [0.1, 0.15) is 27.9 Å². The second-order valence-corrected chi connectivity index (χ2v) is 7.59. The number of aryl methyl sites for hydroxylation is 1. The molecule has 7 heteroatoms. The smallest absolute Gasteiger partial charge is 0.318 e. The molecule has 6 nitrogen and oxygen atoms in total. The van der Waals surface area contributed by atoms with Crippen LogP contribution in [0.4, 0.5) is 4.79 Å². The summed E-state index contributed by atoms with van der Waals surface area (Å²) in [5, 5.41) is 5.27. The van der Waals surface area contributed by atoms with Crippen molar-refractivity contribution in [1.29, 1.82) is 0 Å². The largest absolute Gasteiger partial charge is 0.497 e. The Hall–Kier alpha value is -2.80. The Labute approximate surface area is 162 Å². The van der Waals surface area contributed by atoms with E-state index >= 15 is 0 Å². The number of nitrogens with zero attached hydrogens (tertiary/aromatic N) is 3. The van der Waals surface area contributed by atoms with Crippen molar-refractivity contribution in [2.45, 2.75) is 19.0 Å². The zero-order valence-corrected chi connectivity index (χ0v) is 16.2. The highest BCUT2D eigenvalue weighted by Gasteiger charge is 2.26. The fraction of sp³-hybridized carbons (Fsp3) is 0.300. The summed E-state index contributed by atoms with van der Waals surface area (Å²) in [6, 6.07) is 9.44. The lowest BCUT2D eigenvalue weighted by Crippen LogP contribution is -2.44. The van der Waals surface area contributed by atoms with Crippen LogP contribution in [0, 0.1) is 0 Å². The number of hydrogen-bond acceptors (Lipinski definition) is 4. The quantitative estimate of drug-likeness (QED) is 0.753. The van der Waals surface area contributed by atoms with Crippen molar-refractivity contribution in [1.82, 2.24) is 19.8 Å². The van der Waals surface area contributed by atoms with Gasteiger partial charge in [0.05, 0.1) is 7.11 Å². The number of fused-ring (bicyclic) bond motifs is 1. The number of benzene rings is 1. The molecule has 3 aromatic rings. The predicted octanol–water partition coefficient (Wildman–Crippen LogP) is 3.35. The van der Waals surface area contributed by atoms with E-state index < -0.39 is 0 Å². The number of ether oxygens (including phenoxy) is 1. The molecule has 2 amide bonds. The fourth-order valence-corrected chi connectivity index (χ4v) is 4.27. The van der Waals surface area contributed by atoms with Crippen molar-refractivity contribution >= 4 is 17.4 Å². The minimum Gasteiger partial charge on any atom is -0.497 e. The number of amides is 2. The summed E-state index contributed by atoms with van der Waals surface area (Å²) in [5.74, 6) is 1.58. The fourth-order valence-electron chi connectivity index (χ4n) is 3.39. The number of urea groups is 1. The number of nitrogens with one attached hydrogen (secondary N) is 1. The number of methoxy groups -OCH3 is 1. The van der Waals surface area contributed by atoms with Gasteiger partial charge in [-0.3, -0.25) is 0 Å². The molecule has 4 rings (SSSR count). The molecule has 0 saturated heterocycles. The Bertz CT molecular complexity index is 932. The summed E-state index contributed by atoms with van der Waals surface area (Å²) >= 11 is 1.77. The van der Waals surface area contributed by atoms with Gasteiger partial charge in [-0.1, -0.05) is 12.1 Å². The Morgan fingerprint density at radius 2 is 2.11 bits per heavy atom. The second-order valence-electron chi connectivity index (χ2n) is 6.59. The minimum atomic E-state index is -0.327. The molecule has 3 heterocycles. The first-order valence-electron chi connectivity index (χ1n) is 8.87. The Balaban J connectivity index is 1.57. The standard InChI is InChI=1S/C20H22N4O2S/c1-23-11-9-21-19(23)18(14-3-5-16(26-2)6-4-14)22-20(25)24-10-7-17-15(13-24)8-12-27-17/h3-6,8-9,11-12,18H,7,10,13H2,1-2H3,(H,22,25). The monoisotopic (exact) mass is 382 g/mol. The van der Waals surface area contributed by atoms with Gasteiger partial charge < -0.3 is 19.5 Å². The van der Waals surface area contributed by atoms with Crippen LogP contribution in [0.3, 0.4) is 0 Å². The minimum absolute atomic E-state index is 0.0735. The number of rotatable bonds is 4. The van der Waals surface area contributed by atoms with Gasteiger partial charge in [-0.25, -0.2) is 9.78 Å². The van der Waals surface area contributed by atoms with E-state index in [1.54, 1.807) is 24.6 Å². The van der Waals surface area contributed by atoms with Crippen LogP contribution < -0.4 is 10.1 Å². The van der Waals surface area contributed by atoms with Crippen molar-refractivity contribution in [3.05, 3.63) is 69.9 Å². The van der Waals surface area contributed by atoms with Gasteiger partial charge in [-0.05, 0) is 41.1 Å². The third-order valence-corrected chi connectivity index (χ3v) is 5.95. The summed E-state index contributed by atoms with van der Waals surface area (Å²) in [5.41, 5.74) is 2.21. The van der Waals surface area contributed by atoms with Crippen LogP contribution in [0.15, 0.2) is 48.1 Å². The first kappa shape index (κ1) is 17.6. The normalized spacial score (nSPS) is 14.5. The molecular weight excluding hydrogens is 360 g/mol. The Kier molecular flexibility index (Phi) is 4.85. The number of aromatic nitrogens is 2. The van der Waals surface area contributed by atoms with Crippen molar-refractivity contribution < 1.29 is 9.53 Å². The molecule has 0 fully saturated rings. The lowest BCUT2D eigenvalue weighted by atomic mass is 10.1. The molecule has 1 aromatic carbocycles. The molecule has 1 aliphatic heterocycles. The van der Waals surface area contributed by atoms with Crippen molar-refractivity contribution in [3.8, 4) is 5.75 Å². The predicted molar refractivity (Wildman–Crippen MR) is 105 cm³/mol. The van der Waals surface area contributed by atoms with Crippen molar-refractivity contribution in [2.24, 2.45) is 7.05 Å². The molecule has 1 N–H and O–H groups in total. The van der Waals surface area contributed by atoms with Gasteiger partial charge in [0.2, 0.25) is 0 Å². The van der Waals surface area contributed by atoms with Gasteiger partial charge in [0, 0.05) is 37.4 Å². The molecule has 0 spiro atoms. The highest BCUT2D eigenvalue weighted by atomic mass is 32.1. The van der Waals surface area contributed by atoms with E-state index in [2.05, 4.69) is 21.7 Å². The average molecular weight is 382 g/mol. The van der Waals surface area contributed by atoms with Crippen molar-refractivity contribution in [3.63, 3.8) is 0 Å². The van der Waals surface area contributed by atoms with Gasteiger partial charge in [-0.15, -0.1) is 11.3 Å². The Morgan fingerprint density at radius 1 is 1.30 bits per heavy atom. The number of carbonyl (C=O) groups is 1. The van der Waals surface area contributed by atoms with Gasteiger partial charge in [-0.2, -0.15) is 0 Å². The van der Waals surface area contributed by atoms with Crippen LogP contribution in [-0.4, -0.2) is 34.1 Å². The topological polar surface area (TPSA) is 59.4 Å². The van der Waals surface area contributed by atoms with Crippen LogP contribution in [0.2, 0.25) is 0 Å². The average Bonchev–Trinajstić information content (AvgIpc) is 3.34. The maximum atomic E-state index is 13.0. The molecule has 1 atom stereocenters. The van der Waals surface area contributed by atoms with E-state index in [9.17, 15) is 4.79 Å². The highest BCUT2D eigenvalue weighted by molar-refractivity contribution is 7.10. The summed E-state index contributed by atoms with van der Waals surface area (Å²) in [6.07, 6.45) is 4.54. The molecule has 140 valence electrons. The number of hydrogen-bond donors (Lipinski definition) is 1. The van der Waals surface area contributed by atoms with E-state index in [0.717, 1.165) is 30.1 Å². The SMILES string of the molecule is COc1ccc(C(NC(=O)N2CCc3sccc3C2)c2nccn2C)cc1. The summed E-state index contributed by atoms with van der Waals surface area (Å²) in [7, 11) is 3.58. The van der Waals surface area contributed by atoms with E-state index in [-0.39, 0.29) is 12.1 Å². The molecule has 2 aromatic heterocycles. The molecule has 0 bridgehead atoms. The maximum absolute atomic E-state index is 13.0. The first-order chi connectivity index (χ1) is 13.2. The molecule has 1 unspecified atom stereocenters. The third kappa shape index (κ3) is 3.55. The zero-order valence-electron chi connectivity index (χ0n) is 15.4. The van der Waals surface area contributed by atoms with Crippen LogP contribution in [0.5, 0.6) is 5.75 Å². The van der Waals surface area contributed by atoms with E-state index in [1.165, 1.54) is 10.4 Å². The summed E-state index contributed by atoms with van der Waals surface area (Å²) < 4.78 is 7.18.